The number of carboxylic acids is 1. The van der Waals surface area contributed by atoms with Crippen LogP contribution in [0.1, 0.15) is 99.1 Å². The highest BCUT2D eigenvalue weighted by atomic mass is 16.5. The molecule has 4 amide bonds. The Morgan fingerprint density at radius 3 is 1.98 bits per heavy atom. The summed E-state index contributed by atoms with van der Waals surface area (Å²) in [7, 11) is 6.69. The van der Waals surface area contributed by atoms with Crippen molar-refractivity contribution in [2.75, 3.05) is 34.9 Å². The number of carboxylic acid groups (broad SMARTS) is 1. The van der Waals surface area contributed by atoms with Gasteiger partial charge < -0.3 is 35.0 Å². The summed E-state index contributed by atoms with van der Waals surface area (Å²) in [6.07, 6.45) is 0.802. The van der Waals surface area contributed by atoms with Gasteiger partial charge in [-0.2, -0.15) is 0 Å². The van der Waals surface area contributed by atoms with Crippen molar-refractivity contribution in [3.05, 3.63) is 35.4 Å². The molecule has 2 rings (SSSR count). The SMILES string of the molecule is CCC(C)[C@@H]([C@@H](CC(=O)N1CCC[C@H]1[C@H](OC)[C@@H](C)C(=O)NC(Cc1ccc(C)cc1)C(=O)O)OC)N(C)C(=O)[C@@H](NC(=O)[C@H](C(C)C)N(C)C(C)C)C(C)C. The van der Waals surface area contributed by atoms with Crippen molar-refractivity contribution in [3.63, 3.8) is 0 Å². The van der Waals surface area contributed by atoms with Gasteiger partial charge in [0.25, 0.3) is 0 Å². The maximum Gasteiger partial charge on any atom is 0.326 e. The lowest BCUT2D eigenvalue weighted by molar-refractivity contribution is -0.148. The molecule has 1 aromatic carbocycles. The van der Waals surface area contributed by atoms with E-state index in [0.717, 1.165) is 17.5 Å². The van der Waals surface area contributed by atoms with Gasteiger partial charge in [0.05, 0.1) is 42.7 Å². The summed E-state index contributed by atoms with van der Waals surface area (Å²) in [6, 6.07) is 4.39. The quantitative estimate of drug-likeness (QED) is 0.154. The van der Waals surface area contributed by atoms with Crippen LogP contribution in [0.25, 0.3) is 0 Å². The minimum atomic E-state index is -1.14. The molecular weight excluding hydrogens is 714 g/mol. The number of nitrogens with zero attached hydrogens (tertiary/aromatic N) is 3. The summed E-state index contributed by atoms with van der Waals surface area (Å²) in [5.74, 6) is -3.22. The zero-order chi connectivity index (χ0) is 42.6. The van der Waals surface area contributed by atoms with Crippen molar-refractivity contribution < 1.29 is 38.6 Å². The third kappa shape index (κ3) is 12.7. The first-order valence-corrected chi connectivity index (χ1v) is 20.4. The monoisotopic (exact) mass is 788 g/mol. The van der Waals surface area contributed by atoms with Gasteiger partial charge in [-0.3, -0.25) is 24.1 Å². The number of hydrogen-bond acceptors (Lipinski definition) is 8. The van der Waals surface area contributed by atoms with Crippen LogP contribution >= 0.6 is 0 Å². The van der Waals surface area contributed by atoms with Gasteiger partial charge in [0.1, 0.15) is 12.1 Å². The highest BCUT2D eigenvalue weighted by Gasteiger charge is 2.43. The molecule has 13 nitrogen and oxygen atoms in total. The number of carbonyl (C=O) groups excluding carboxylic acids is 4. The number of benzene rings is 1. The Morgan fingerprint density at radius 1 is 0.893 bits per heavy atom. The van der Waals surface area contributed by atoms with E-state index in [-0.39, 0.29) is 54.4 Å². The lowest BCUT2D eigenvalue weighted by Crippen LogP contribution is -2.60. The first kappa shape index (κ1) is 48.6. The highest BCUT2D eigenvalue weighted by molar-refractivity contribution is 5.90. The average molecular weight is 788 g/mol. The Labute approximate surface area is 336 Å². The highest BCUT2D eigenvalue weighted by Crippen LogP contribution is 2.30. The zero-order valence-electron chi connectivity index (χ0n) is 36.6. The van der Waals surface area contributed by atoms with Crippen LogP contribution in [0.3, 0.4) is 0 Å². The number of nitrogens with one attached hydrogen (secondary N) is 2. The molecule has 318 valence electrons. The number of ether oxygens (including phenoxy) is 2. The number of likely N-dealkylation sites (tertiary alicyclic amines) is 1. The average Bonchev–Trinajstić information content (AvgIpc) is 3.63. The predicted molar refractivity (Wildman–Crippen MR) is 219 cm³/mol. The van der Waals surface area contributed by atoms with E-state index in [2.05, 4.69) is 10.6 Å². The van der Waals surface area contributed by atoms with Crippen molar-refractivity contribution in [2.24, 2.45) is 23.7 Å². The number of hydrogen-bond donors (Lipinski definition) is 3. The van der Waals surface area contributed by atoms with Gasteiger partial charge in [0.2, 0.25) is 23.6 Å². The lowest BCUT2D eigenvalue weighted by Gasteiger charge is -2.41. The van der Waals surface area contributed by atoms with E-state index in [9.17, 15) is 29.1 Å². The molecule has 0 spiro atoms. The molecule has 2 unspecified atom stereocenters. The van der Waals surface area contributed by atoms with Crippen molar-refractivity contribution in [1.29, 1.82) is 0 Å². The third-order valence-corrected chi connectivity index (χ3v) is 11.8. The van der Waals surface area contributed by atoms with Crippen molar-refractivity contribution in [2.45, 2.75) is 150 Å². The van der Waals surface area contributed by atoms with E-state index in [0.29, 0.717) is 19.4 Å². The summed E-state index contributed by atoms with van der Waals surface area (Å²) >= 11 is 0. The first-order valence-electron chi connectivity index (χ1n) is 20.4. The van der Waals surface area contributed by atoms with Gasteiger partial charge in [-0.25, -0.2) is 4.79 Å². The second-order valence-corrected chi connectivity index (χ2v) is 16.9. The molecule has 0 bridgehead atoms. The second kappa shape index (κ2) is 22.4. The normalized spacial score (nSPS) is 19.0. The van der Waals surface area contributed by atoms with Gasteiger partial charge in [-0.15, -0.1) is 0 Å². The fraction of sp³-hybridized carbons (Fsp3) is 0.744. The Hall–Kier alpha value is -3.55. The number of aliphatic carboxylic acids is 1. The fourth-order valence-electron chi connectivity index (χ4n) is 8.02. The van der Waals surface area contributed by atoms with Crippen LogP contribution in [-0.4, -0.2) is 133 Å². The smallest absolute Gasteiger partial charge is 0.326 e. The van der Waals surface area contributed by atoms with Crippen molar-refractivity contribution in [1.82, 2.24) is 25.3 Å². The largest absolute Gasteiger partial charge is 0.480 e. The molecule has 0 saturated carbocycles. The Morgan fingerprint density at radius 2 is 1.50 bits per heavy atom. The lowest BCUT2D eigenvalue weighted by atomic mass is 9.89. The molecule has 0 radical (unpaired) electrons. The molecule has 1 heterocycles. The molecule has 1 saturated heterocycles. The van der Waals surface area contributed by atoms with E-state index >= 15 is 0 Å². The first-order chi connectivity index (χ1) is 26.2. The van der Waals surface area contributed by atoms with Crippen LogP contribution in [0, 0.1) is 30.6 Å². The van der Waals surface area contributed by atoms with Crippen LogP contribution in [0.2, 0.25) is 0 Å². The Kier molecular flexibility index (Phi) is 19.4. The predicted octanol–water partition coefficient (Wildman–Crippen LogP) is 4.53. The van der Waals surface area contributed by atoms with Gasteiger partial charge in [0.15, 0.2) is 0 Å². The molecule has 56 heavy (non-hydrogen) atoms. The van der Waals surface area contributed by atoms with Crippen molar-refractivity contribution in [3.8, 4) is 0 Å². The number of aryl methyl sites for hydroxylation is 1. The van der Waals surface area contributed by atoms with Crippen LogP contribution in [0.4, 0.5) is 0 Å². The summed E-state index contributed by atoms with van der Waals surface area (Å²) in [6.45, 7) is 20.1. The molecule has 9 atom stereocenters. The summed E-state index contributed by atoms with van der Waals surface area (Å²) in [5.41, 5.74) is 1.84. The van der Waals surface area contributed by atoms with E-state index < -0.39 is 60.2 Å². The number of carbonyl (C=O) groups is 5. The molecule has 1 aliphatic heterocycles. The van der Waals surface area contributed by atoms with Gasteiger partial charge in [0, 0.05) is 40.3 Å². The van der Waals surface area contributed by atoms with Crippen LogP contribution in [-0.2, 0) is 39.9 Å². The second-order valence-electron chi connectivity index (χ2n) is 16.9. The molecule has 1 fully saturated rings. The molecule has 1 aromatic rings. The minimum Gasteiger partial charge on any atom is -0.480 e. The number of likely N-dealkylation sites (N-methyl/N-ethyl adjacent to an activating group) is 2. The number of rotatable bonds is 22. The standard InChI is InChI=1S/C43H73N5O8/c1-15-29(9)38(47(12)42(52)36(25(2)3)45-41(51)37(26(4)5)46(11)27(6)7)34(55-13)24-35(49)48-22-16-17-33(48)39(56-14)30(10)40(50)44-32(43(53)54)23-31-20-18-28(8)19-21-31/h18-21,25-27,29-30,32-34,36-39H,15-17,22-24H2,1-14H3,(H,44,50)(H,45,51)(H,53,54)/t29?,30-,32?,33+,34-,36+,37+,38+,39-/m1/s1. The molecular formula is C43H73N5O8. The van der Waals surface area contributed by atoms with E-state index in [4.69, 9.17) is 9.47 Å². The zero-order valence-corrected chi connectivity index (χ0v) is 36.6. The maximum absolute atomic E-state index is 14.3. The van der Waals surface area contributed by atoms with Crippen LogP contribution in [0.15, 0.2) is 24.3 Å². The minimum absolute atomic E-state index is 0.0123. The van der Waals surface area contributed by atoms with E-state index in [1.54, 1.807) is 30.9 Å². The maximum atomic E-state index is 14.3. The van der Waals surface area contributed by atoms with Crippen LogP contribution in [0.5, 0.6) is 0 Å². The Balaban J connectivity index is 2.29. The van der Waals surface area contributed by atoms with Crippen LogP contribution < -0.4 is 10.6 Å². The van der Waals surface area contributed by atoms with Gasteiger partial charge >= 0.3 is 5.97 Å². The molecule has 1 aliphatic rings. The molecule has 13 heteroatoms. The van der Waals surface area contributed by atoms with Gasteiger partial charge in [-0.1, -0.05) is 84.7 Å². The molecule has 3 N–H and O–H groups in total. The van der Waals surface area contributed by atoms with Crippen molar-refractivity contribution >= 4 is 29.6 Å². The Bertz CT molecular complexity index is 1440. The molecule has 0 aliphatic carbocycles. The van der Waals surface area contributed by atoms with E-state index in [1.165, 1.54) is 7.11 Å². The molecule has 0 aromatic heterocycles. The fourth-order valence-corrected chi connectivity index (χ4v) is 8.02. The van der Waals surface area contributed by atoms with Gasteiger partial charge in [-0.05, 0) is 64.0 Å². The summed E-state index contributed by atoms with van der Waals surface area (Å²) < 4.78 is 11.9. The summed E-state index contributed by atoms with van der Waals surface area (Å²) in [5, 5.41) is 15.7. The summed E-state index contributed by atoms with van der Waals surface area (Å²) in [4.78, 5) is 73.4. The van der Waals surface area contributed by atoms with E-state index in [1.807, 2.05) is 98.5 Å². The number of amides is 4. The third-order valence-electron chi connectivity index (χ3n) is 11.8. The number of methoxy groups -OCH3 is 2. The topological polar surface area (TPSA) is 158 Å².